The van der Waals surface area contributed by atoms with E-state index in [-0.39, 0.29) is 11.2 Å². The summed E-state index contributed by atoms with van der Waals surface area (Å²) in [6.07, 6.45) is 4.00. The number of nitrogens with two attached hydrogens (primary N) is 1. The second kappa shape index (κ2) is 4.34. The van der Waals surface area contributed by atoms with Gasteiger partial charge in [0, 0.05) is 22.0 Å². The monoisotopic (exact) mass is 287 g/mol. The van der Waals surface area contributed by atoms with Crippen molar-refractivity contribution in [3.8, 4) is 5.75 Å². The van der Waals surface area contributed by atoms with Gasteiger partial charge in [-0.25, -0.2) is 4.39 Å². The second-order valence-electron chi connectivity index (χ2n) is 4.44. The average molecular weight is 288 g/mol. The van der Waals surface area contributed by atoms with Crippen LogP contribution in [0.2, 0.25) is 0 Å². The minimum Gasteiger partial charge on any atom is -0.505 e. The molecule has 1 aromatic rings. The second-order valence-corrected chi connectivity index (χ2v) is 5.30. The standard InChI is InChI=1S/C12H15BrFNO/c13-8-3-4-9(14)11(16)10(8)12(7-15)5-1-2-6-12/h3-4,16H,1-2,5-7,15H2. The molecule has 2 rings (SSSR count). The highest BCUT2D eigenvalue weighted by atomic mass is 79.9. The maximum Gasteiger partial charge on any atom is 0.165 e. The van der Waals surface area contributed by atoms with Gasteiger partial charge in [-0.05, 0) is 25.0 Å². The van der Waals surface area contributed by atoms with Crippen molar-refractivity contribution < 1.29 is 9.50 Å². The highest BCUT2D eigenvalue weighted by Crippen LogP contribution is 2.47. The summed E-state index contributed by atoms with van der Waals surface area (Å²) < 4.78 is 14.2. The molecular weight excluding hydrogens is 273 g/mol. The largest absolute Gasteiger partial charge is 0.505 e. The Morgan fingerprint density at radius 1 is 1.38 bits per heavy atom. The summed E-state index contributed by atoms with van der Waals surface area (Å²) in [6.45, 7) is 0.447. The molecular formula is C12H15BrFNO. The summed E-state index contributed by atoms with van der Waals surface area (Å²) in [5.41, 5.74) is 6.22. The van der Waals surface area contributed by atoms with Gasteiger partial charge in [0.2, 0.25) is 0 Å². The first-order valence-corrected chi connectivity index (χ1v) is 6.27. The molecule has 1 fully saturated rings. The lowest BCUT2D eigenvalue weighted by molar-refractivity contribution is 0.382. The van der Waals surface area contributed by atoms with Gasteiger partial charge in [0.1, 0.15) is 0 Å². The molecule has 0 radical (unpaired) electrons. The molecule has 0 unspecified atom stereocenters. The molecule has 88 valence electrons. The molecule has 1 aliphatic rings. The Balaban J connectivity index is 2.57. The van der Waals surface area contributed by atoms with Crippen LogP contribution in [0.5, 0.6) is 5.75 Å². The third-order valence-corrected chi connectivity index (χ3v) is 4.22. The first kappa shape index (κ1) is 11.9. The van der Waals surface area contributed by atoms with Crippen LogP contribution in [0.25, 0.3) is 0 Å². The van der Waals surface area contributed by atoms with Crippen LogP contribution >= 0.6 is 15.9 Å². The molecule has 1 aliphatic carbocycles. The van der Waals surface area contributed by atoms with Crippen molar-refractivity contribution in [2.24, 2.45) is 5.73 Å². The van der Waals surface area contributed by atoms with Crippen LogP contribution in [-0.2, 0) is 5.41 Å². The molecule has 0 amide bonds. The molecule has 0 atom stereocenters. The van der Waals surface area contributed by atoms with Gasteiger partial charge in [-0.2, -0.15) is 0 Å². The Hall–Kier alpha value is -0.610. The van der Waals surface area contributed by atoms with Crippen molar-refractivity contribution in [2.75, 3.05) is 6.54 Å². The summed E-state index contributed by atoms with van der Waals surface area (Å²) in [4.78, 5) is 0. The van der Waals surface area contributed by atoms with E-state index in [2.05, 4.69) is 15.9 Å². The number of benzene rings is 1. The topological polar surface area (TPSA) is 46.2 Å². The van der Waals surface area contributed by atoms with Crippen molar-refractivity contribution in [1.82, 2.24) is 0 Å². The lowest BCUT2D eigenvalue weighted by Gasteiger charge is -2.29. The normalized spacial score (nSPS) is 18.9. The maximum atomic E-state index is 13.4. The number of aromatic hydroxyl groups is 1. The zero-order chi connectivity index (χ0) is 11.8. The molecule has 4 heteroatoms. The molecule has 0 aromatic heterocycles. The van der Waals surface area contributed by atoms with E-state index in [1.807, 2.05) is 0 Å². The summed E-state index contributed by atoms with van der Waals surface area (Å²) >= 11 is 3.39. The minimum atomic E-state index is -0.571. The van der Waals surface area contributed by atoms with Crippen molar-refractivity contribution in [3.63, 3.8) is 0 Å². The third kappa shape index (κ3) is 1.74. The lowest BCUT2D eigenvalue weighted by Crippen LogP contribution is -2.32. The van der Waals surface area contributed by atoms with Gasteiger partial charge in [-0.1, -0.05) is 28.8 Å². The number of hydrogen-bond donors (Lipinski definition) is 2. The number of rotatable bonds is 2. The van der Waals surface area contributed by atoms with E-state index >= 15 is 0 Å². The Morgan fingerprint density at radius 3 is 2.56 bits per heavy atom. The zero-order valence-corrected chi connectivity index (χ0v) is 10.6. The highest BCUT2D eigenvalue weighted by Gasteiger charge is 2.38. The average Bonchev–Trinajstić information content (AvgIpc) is 2.74. The first-order valence-electron chi connectivity index (χ1n) is 5.48. The Bertz CT molecular complexity index is 402. The van der Waals surface area contributed by atoms with Crippen molar-refractivity contribution in [2.45, 2.75) is 31.1 Å². The van der Waals surface area contributed by atoms with Crippen molar-refractivity contribution in [1.29, 1.82) is 0 Å². The molecule has 0 saturated heterocycles. The van der Waals surface area contributed by atoms with E-state index in [9.17, 15) is 9.50 Å². The van der Waals surface area contributed by atoms with E-state index in [1.54, 1.807) is 6.07 Å². The van der Waals surface area contributed by atoms with E-state index < -0.39 is 5.82 Å². The fourth-order valence-corrected chi connectivity index (χ4v) is 3.39. The smallest absolute Gasteiger partial charge is 0.165 e. The van der Waals surface area contributed by atoms with E-state index in [4.69, 9.17) is 5.73 Å². The van der Waals surface area contributed by atoms with Crippen LogP contribution in [0, 0.1) is 5.82 Å². The van der Waals surface area contributed by atoms with Gasteiger partial charge >= 0.3 is 0 Å². The van der Waals surface area contributed by atoms with Gasteiger partial charge in [-0.3, -0.25) is 0 Å². The van der Waals surface area contributed by atoms with Gasteiger partial charge in [-0.15, -0.1) is 0 Å². The molecule has 0 spiro atoms. The number of phenolic OH excluding ortho intramolecular Hbond substituents is 1. The molecule has 1 aromatic carbocycles. The van der Waals surface area contributed by atoms with Crippen molar-refractivity contribution in [3.05, 3.63) is 28.0 Å². The molecule has 1 saturated carbocycles. The zero-order valence-electron chi connectivity index (χ0n) is 8.97. The summed E-state index contributed by atoms with van der Waals surface area (Å²) in [5.74, 6) is -0.820. The molecule has 0 bridgehead atoms. The van der Waals surface area contributed by atoms with Gasteiger partial charge < -0.3 is 10.8 Å². The number of halogens is 2. The quantitative estimate of drug-likeness (QED) is 0.878. The fraction of sp³-hybridized carbons (Fsp3) is 0.500. The molecule has 0 aliphatic heterocycles. The fourth-order valence-electron chi connectivity index (χ4n) is 2.65. The van der Waals surface area contributed by atoms with Crippen LogP contribution < -0.4 is 5.73 Å². The SMILES string of the molecule is NCC1(c2c(Br)ccc(F)c2O)CCCC1. The molecule has 16 heavy (non-hydrogen) atoms. The van der Waals surface area contributed by atoms with Gasteiger partial charge in [0.05, 0.1) is 0 Å². The summed E-state index contributed by atoms with van der Waals surface area (Å²) in [7, 11) is 0. The van der Waals surface area contributed by atoms with E-state index in [0.29, 0.717) is 12.1 Å². The third-order valence-electron chi connectivity index (χ3n) is 3.56. The molecule has 0 heterocycles. The number of phenols is 1. The Labute approximate surface area is 103 Å². The van der Waals surface area contributed by atoms with E-state index in [1.165, 1.54) is 6.07 Å². The number of hydrogen-bond acceptors (Lipinski definition) is 2. The highest BCUT2D eigenvalue weighted by molar-refractivity contribution is 9.10. The lowest BCUT2D eigenvalue weighted by atomic mass is 9.78. The predicted octanol–water partition coefficient (Wildman–Crippen LogP) is 3.06. The van der Waals surface area contributed by atoms with Gasteiger partial charge in [0.25, 0.3) is 0 Å². The predicted molar refractivity (Wildman–Crippen MR) is 65.0 cm³/mol. The van der Waals surface area contributed by atoms with Crippen LogP contribution in [0.1, 0.15) is 31.2 Å². The molecule has 3 N–H and O–H groups in total. The first-order chi connectivity index (χ1) is 7.60. The van der Waals surface area contributed by atoms with Crippen LogP contribution in [0.3, 0.4) is 0 Å². The summed E-state index contributed by atoms with van der Waals surface area (Å²) in [5, 5.41) is 9.87. The summed E-state index contributed by atoms with van der Waals surface area (Å²) in [6, 6.07) is 2.90. The minimum absolute atomic E-state index is 0.248. The van der Waals surface area contributed by atoms with Crippen LogP contribution in [0.4, 0.5) is 4.39 Å². The van der Waals surface area contributed by atoms with Crippen LogP contribution in [-0.4, -0.2) is 11.7 Å². The maximum absolute atomic E-state index is 13.4. The van der Waals surface area contributed by atoms with E-state index in [0.717, 1.165) is 30.2 Å². The van der Waals surface area contributed by atoms with Crippen LogP contribution in [0.15, 0.2) is 16.6 Å². The van der Waals surface area contributed by atoms with Crippen molar-refractivity contribution >= 4 is 15.9 Å². The Kier molecular flexibility index (Phi) is 3.22. The molecule has 2 nitrogen and oxygen atoms in total. The van der Waals surface area contributed by atoms with Gasteiger partial charge in [0.15, 0.2) is 11.6 Å². The Morgan fingerprint density at radius 2 is 2.00 bits per heavy atom.